The van der Waals surface area contributed by atoms with Crippen molar-refractivity contribution >= 4 is 11.8 Å². The van der Waals surface area contributed by atoms with E-state index >= 15 is 0 Å². The van der Waals surface area contributed by atoms with Gasteiger partial charge < -0.3 is 15.4 Å². The zero-order chi connectivity index (χ0) is 15.1. The standard InChI is InChI=1S/C15H28N2O3/c1-10(2)12-8-13(12)15(19)17-7-5-6-16-14(18)9-20-11(3)4/h10-13H,5-9H2,1-4H3,(H,16,18)(H,17,19). The van der Waals surface area contributed by atoms with E-state index in [1.807, 2.05) is 13.8 Å². The summed E-state index contributed by atoms with van der Waals surface area (Å²) >= 11 is 0. The van der Waals surface area contributed by atoms with Gasteiger partial charge in [0, 0.05) is 19.0 Å². The first-order valence-electron chi connectivity index (χ1n) is 7.57. The van der Waals surface area contributed by atoms with Crippen molar-refractivity contribution in [1.29, 1.82) is 0 Å². The van der Waals surface area contributed by atoms with Crippen LogP contribution in [0.4, 0.5) is 0 Å². The van der Waals surface area contributed by atoms with E-state index in [-0.39, 0.29) is 30.4 Å². The first-order chi connectivity index (χ1) is 9.41. The molecule has 2 amide bonds. The van der Waals surface area contributed by atoms with Gasteiger partial charge in [0.1, 0.15) is 6.61 Å². The fourth-order valence-electron chi connectivity index (χ4n) is 2.21. The van der Waals surface area contributed by atoms with E-state index in [4.69, 9.17) is 4.74 Å². The predicted molar refractivity (Wildman–Crippen MR) is 78.2 cm³/mol. The lowest BCUT2D eigenvalue weighted by Gasteiger charge is -2.09. The number of carbonyl (C=O) groups is 2. The van der Waals surface area contributed by atoms with Crippen LogP contribution in [-0.4, -0.2) is 37.6 Å². The highest BCUT2D eigenvalue weighted by Gasteiger charge is 2.44. The highest BCUT2D eigenvalue weighted by atomic mass is 16.5. The molecule has 0 spiro atoms. The van der Waals surface area contributed by atoms with Crippen LogP contribution in [0.1, 0.15) is 40.5 Å². The molecule has 0 saturated heterocycles. The smallest absolute Gasteiger partial charge is 0.246 e. The number of ether oxygens (including phenoxy) is 1. The third-order valence-corrected chi connectivity index (χ3v) is 3.56. The molecule has 0 aromatic heterocycles. The second kappa shape index (κ2) is 8.25. The van der Waals surface area contributed by atoms with Gasteiger partial charge in [0.15, 0.2) is 0 Å². The Morgan fingerprint density at radius 3 is 2.35 bits per heavy atom. The van der Waals surface area contributed by atoms with Crippen LogP contribution in [0, 0.1) is 17.8 Å². The van der Waals surface area contributed by atoms with Gasteiger partial charge in [-0.25, -0.2) is 0 Å². The van der Waals surface area contributed by atoms with Crippen molar-refractivity contribution < 1.29 is 14.3 Å². The van der Waals surface area contributed by atoms with Gasteiger partial charge in [0.2, 0.25) is 11.8 Å². The molecule has 0 bridgehead atoms. The monoisotopic (exact) mass is 284 g/mol. The highest BCUT2D eigenvalue weighted by Crippen LogP contribution is 2.44. The van der Waals surface area contributed by atoms with Crippen LogP contribution in [0.15, 0.2) is 0 Å². The molecule has 1 rings (SSSR count). The van der Waals surface area contributed by atoms with Gasteiger partial charge in [-0.2, -0.15) is 0 Å². The summed E-state index contributed by atoms with van der Waals surface area (Å²) in [4.78, 5) is 23.1. The number of amides is 2. The molecule has 20 heavy (non-hydrogen) atoms. The van der Waals surface area contributed by atoms with Gasteiger partial charge in [0.25, 0.3) is 0 Å². The lowest BCUT2D eigenvalue weighted by molar-refractivity contribution is -0.127. The maximum absolute atomic E-state index is 11.8. The van der Waals surface area contributed by atoms with Crippen LogP contribution >= 0.6 is 0 Å². The molecule has 0 aromatic rings. The second-order valence-corrected chi connectivity index (χ2v) is 6.10. The van der Waals surface area contributed by atoms with E-state index in [9.17, 15) is 9.59 Å². The Bertz CT molecular complexity index is 329. The Hall–Kier alpha value is -1.10. The van der Waals surface area contributed by atoms with Gasteiger partial charge in [0.05, 0.1) is 6.10 Å². The van der Waals surface area contributed by atoms with Crippen LogP contribution in [0.2, 0.25) is 0 Å². The average molecular weight is 284 g/mol. The molecule has 1 fully saturated rings. The zero-order valence-corrected chi connectivity index (χ0v) is 13.1. The highest BCUT2D eigenvalue weighted by molar-refractivity contribution is 5.81. The number of rotatable bonds is 9. The van der Waals surface area contributed by atoms with Crippen molar-refractivity contribution in [3.8, 4) is 0 Å². The molecule has 2 N–H and O–H groups in total. The van der Waals surface area contributed by atoms with Gasteiger partial charge >= 0.3 is 0 Å². The molecule has 0 aliphatic heterocycles. The number of nitrogens with one attached hydrogen (secondary N) is 2. The molecule has 0 heterocycles. The molecular weight excluding hydrogens is 256 g/mol. The summed E-state index contributed by atoms with van der Waals surface area (Å²) in [6.07, 6.45) is 1.83. The summed E-state index contributed by atoms with van der Waals surface area (Å²) in [7, 11) is 0. The summed E-state index contributed by atoms with van der Waals surface area (Å²) in [5.74, 6) is 1.42. The summed E-state index contributed by atoms with van der Waals surface area (Å²) in [6.45, 7) is 9.39. The fraction of sp³-hybridized carbons (Fsp3) is 0.867. The fourth-order valence-corrected chi connectivity index (χ4v) is 2.21. The topological polar surface area (TPSA) is 67.4 Å². The molecule has 0 radical (unpaired) electrons. The minimum absolute atomic E-state index is 0.0625. The lowest BCUT2D eigenvalue weighted by Crippen LogP contribution is -2.33. The molecule has 1 aliphatic carbocycles. The summed E-state index contributed by atoms with van der Waals surface area (Å²) < 4.78 is 5.19. The van der Waals surface area contributed by atoms with E-state index in [0.29, 0.717) is 24.9 Å². The van der Waals surface area contributed by atoms with Crippen LogP contribution in [0.25, 0.3) is 0 Å². The normalized spacial score (nSPS) is 21.1. The largest absolute Gasteiger partial charge is 0.369 e. The molecule has 0 aromatic carbocycles. The van der Waals surface area contributed by atoms with E-state index in [1.54, 1.807) is 0 Å². The Balaban J connectivity index is 1.97. The van der Waals surface area contributed by atoms with Crippen molar-refractivity contribution in [2.24, 2.45) is 17.8 Å². The quantitative estimate of drug-likeness (QED) is 0.628. The van der Waals surface area contributed by atoms with E-state index in [1.165, 1.54) is 0 Å². The van der Waals surface area contributed by atoms with E-state index in [2.05, 4.69) is 24.5 Å². The molecule has 116 valence electrons. The van der Waals surface area contributed by atoms with Crippen LogP contribution in [0.5, 0.6) is 0 Å². The van der Waals surface area contributed by atoms with Gasteiger partial charge in [-0.05, 0) is 38.5 Å². The van der Waals surface area contributed by atoms with Crippen molar-refractivity contribution in [3.05, 3.63) is 0 Å². The van der Waals surface area contributed by atoms with Crippen LogP contribution in [-0.2, 0) is 14.3 Å². The summed E-state index contributed by atoms with van der Waals surface area (Å²) in [5, 5.41) is 5.70. The Labute approximate surface area is 121 Å². The summed E-state index contributed by atoms with van der Waals surface area (Å²) in [6, 6.07) is 0. The number of hydrogen-bond acceptors (Lipinski definition) is 3. The molecular formula is C15H28N2O3. The Morgan fingerprint density at radius 2 is 1.80 bits per heavy atom. The number of carbonyl (C=O) groups excluding carboxylic acids is 2. The van der Waals surface area contributed by atoms with Crippen LogP contribution in [0.3, 0.4) is 0 Å². The van der Waals surface area contributed by atoms with Crippen molar-refractivity contribution in [3.63, 3.8) is 0 Å². The Morgan fingerprint density at radius 1 is 1.15 bits per heavy atom. The maximum Gasteiger partial charge on any atom is 0.246 e. The lowest BCUT2D eigenvalue weighted by atomic mass is 10.1. The van der Waals surface area contributed by atoms with E-state index < -0.39 is 0 Å². The Kier molecular flexibility index (Phi) is 6.99. The van der Waals surface area contributed by atoms with Crippen molar-refractivity contribution in [2.45, 2.75) is 46.6 Å². The molecule has 5 nitrogen and oxygen atoms in total. The van der Waals surface area contributed by atoms with Crippen molar-refractivity contribution in [2.75, 3.05) is 19.7 Å². The molecule has 5 heteroatoms. The first kappa shape index (κ1) is 17.0. The van der Waals surface area contributed by atoms with E-state index in [0.717, 1.165) is 12.8 Å². The minimum atomic E-state index is -0.105. The molecule has 2 atom stereocenters. The van der Waals surface area contributed by atoms with Crippen molar-refractivity contribution in [1.82, 2.24) is 10.6 Å². The zero-order valence-electron chi connectivity index (χ0n) is 13.1. The third-order valence-electron chi connectivity index (χ3n) is 3.56. The predicted octanol–water partition coefficient (Wildman–Crippen LogP) is 1.33. The molecule has 2 unspecified atom stereocenters. The first-order valence-corrected chi connectivity index (χ1v) is 7.57. The third kappa shape index (κ3) is 6.37. The van der Waals surface area contributed by atoms with Gasteiger partial charge in [-0.3, -0.25) is 9.59 Å². The SMILES string of the molecule is CC(C)OCC(=O)NCCCNC(=O)C1CC1C(C)C. The average Bonchev–Trinajstić information content (AvgIpc) is 3.16. The van der Waals surface area contributed by atoms with Gasteiger partial charge in [-0.15, -0.1) is 0 Å². The number of hydrogen-bond donors (Lipinski definition) is 2. The second-order valence-electron chi connectivity index (χ2n) is 6.10. The van der Waals surface area contributed by atoms with Gasteiger partial charge in [-0.1, -0.05) is 13.8 Å². The molecule has 1 aliphatic rings. The minimum Gasteiger partial charge on any atom is -0.369 e. The van der Waals surface area contributed by atoms with Crippen LogP contribution < -0.4 is 10.6 Å². The maximum atomic E-state index is 11.8. The summed E-state index contributed by atoms with van der Waals surface area (Å²) in [5.41, 5.74) is 0. The molecule has 1 saturated carbocycles.